The molecule has 2 N–H and O–H groups in total. The Morgan fingerprint density at radius 3 is 2.42 bits per heavy atom. The topological polar surface area (TPSA) is 131 Å². The second-order valence-corrected chi connectivity index (χ2v) is 8.23. The number of imide groups is 1. The molecule has 0 bridgehead atoms. The average molecular weight is 476 g/mol. The Morgan fingerprint density at radius 1 is 1.18 bits per heavy atom. The highest BCUT2D eigenvalue weighted by atomic mass is 32.2. The smallest absolute Gasteiger partial charge is 0.328 e. The van der Waals surface area contributed by atoms with Gasteiger partial charge < -0.3 is 10.1 Å². The van der Waals surface area contributed by atoms with Crippen LogP contribution in [-0.4, -0.2) is 60.1 Å². The minimum Gasteiger partial charge on any atom is -0.467 e. The van der Waals surface area contributed by atoms with Gasteiger partial charge in [0.25, 0.3) is 23.0 Å². The van der Waals surface area contributed by atoms with E-state index >= 15 is 0 Å². The number of nitrogens with one attached hydrogen (secondary N) is 2. The molecule has 176 valence electrons. The maximum atomic E-state index is 12.5. The standard InChI is InChI=1S/C22H25N3O7S/c1-5-10-32-24-17(26)12-25-20(28)16(33-22(25)30)11-14-6-8-15(9-7-14)19(27)23-18(13(2)3)21(29)31-4/h5-9,11,13,18H,1,10,12H2,2-4H3,(H,23,27)(H,24,26)/b16-11-/t18-/m0/s1. The Bertz CT molecular complexity index is 973. The first-order valence-corrected chi connectivity index (χ1v) is 10.7. The lowest BCUT2D eigenvalue weighted by molar-refractivity contribution is -0.144. The summed E-state index contributed by atoms with van der Waals surface area (Å²) >= 11 is 0.706. The van der Waals surface area contributed by atoms with Gasteiger partial charge in [-0.2, -0.15) is 0 Å². The highest BCUT2D eigenvalue weighted by molar-refractivity contribution is 8.18. The lowest BCUT2D eigenvalue weighted by Gasteiger charge is -2.19. The van der Waals surface area contributed by atoms with Gasteiger partial charge in [-0.25, -0.2) is 10.3 Å². The van der Waals surface area contributed by atoms with E-state index in [0.717, 1.165) is 4.90 Å². The van der Waals surface area contributed by atoms with Crippen molar-refractivity contribution >= 4 is 46.8 Å². The van der Waals surface area contributed by atoms with Gasteiger partial charge in [-0.05, 0) is 41.5 Å². The Hall–Kier alpha value is -3.44. The normalized spacial score (nSPS) is 15.5. The van der Waals surface area contributed by atoms with E-state index in [1.54, 1.807) is 26.0 Å². The summed E-state index contributed by atoms with van der Waals surface area (Å²) in [7, 11) is 1.25. The van der Waals surface area contributed by atoms with Crippen molar-refractivity contribution in [1.29, 1.82) is 0 Å². The quantitative estimate of drug-likeness (QED) is 0.172. The highest BCUT2D eigenvalue weighted by Crippen LogP contribution is 2.32. The molecule has 1 aromatic rings. The van der Waals surface area contributed by atoms with E-state index in [2.05, 4.69) is 17.4 Å². The van der Waals surface area contributed by atoms with Gasteiger partial charge in [-0.15, -0.1) is 6.58 Å². The van der Waals surface area contributed by atoms with E-state index < -0.39 is 41.5 Å². The molecule has 0 spiro atoms. The van der Waals surface area contributed by atoms with Gasteiger partial charge in [0.15, 0.2) is 0 Å². The van der Waals surface area contributed by atoms with Crippen LogP contribution in [0.15, 0.2) is 41.8 Å². The molecule has 1 aliphatic rings. The summed E-state index contributed by atoms with van der Waals surface area (Å²) < 4.78 is 4.72. The third kappa shape index (κ3) is 7.02. The largest absolute Gasteiger partial charge is 0.467 e. The van der Waals surface area contributed by atoms with Crippen LogP contribution in [0.5, 0.6) is 0 Å². The third-order valence-electron chi connectivity index (χ3n) is 4.44. The molecule has 2 rings (SSSR count). The highest BCUT2D eigenvalue weighted by Gasteiger charge is 2.36. The molecule has 1 fully saturated rings. The molecule has 4 amide bonds. The van der Waals surface area contributed by atoms with Crippen LogP contribution in [0, 0.1) is 5.92 Å². The maximum absolute atomic E-state index is 12.5. The fraction of sp³-hybridized carbons (Fsp3) is 0.318. The molecule has 1 aliphatic heterocycles. The van der Waals surface area contributed by atoms with Crippen molar-refractivity contribution in [2.45, 2.75) is 19.9 Å². The second-order valence-electron chi connectivity index (χ2n) is 7.23. The van der Waals surface area contributed by atoms with Gasteiger partial charge in [0.2, 0.25) is 0 Å². The lowest BCUT2D eigenvalue weighted by Crippen LogP contribution is -2.45. The molecule has 1 heterocycles. The summed E-state index contributed by atoms with van der Waals surface area (Å²) in [4.78, 5) is 66.5. The number of thioether (sulfide) groups is 1. The number of ether oxygens (including phenoxy) is 1. The van der Waals surface area contributed by atoms with Crippen LogP contribution < -0.4 is 10.8 Å². The number of amides is 4. The van der Waals surface area contributed by atoms with Gasteiger partial charge >= 0.3 is 5.97 Å². The molecule has 1 atom stereocenters. The zero-order chi connectivity index (χ0) is 24.5. The molecule has 1 aromatic carbocycles. The number of carbonyl (C=O) groups is 5. The summed E-state index contributed by atoms with van der Waals surface area (Å²) in [5, 5.41) is 2.06. The van der Waals surface area contributed by atoms with Crippen molar-refractivity contribution in [1.82, 2.24) is 15.7 Å². The Morgan fingerprint density at radius 2 is 1.85 bits per heavy atom. The summed E-state index contributed by atoms with van der Waals surface area (Å²) in [5.41, 5.74) is 3.00. The molecule has 0 unspecified atom stereocenters. The van der Waals surface area contributed by atoms with E-state index in [1.807, 2.05) is 0 Å². The molecular formula is C22H25N3O7S. The third-order valence-corrected chi connectivity index (χ3v) is 5.35. The fourth-order valence-electron chi connectivity index (χ4n) is 2.72. The van der Waals surface area contributed by atoms with Crippen LogP contribution >= 0.6 is 11.8 Å². The number of esters is 1. The molecule has 11 heteroatoms. The van der Waals surface area contributed by atoms with Crippen molar-refractivity contribution in [2.75, 3.05) is 20.3 Å². The van der Waals surface area contributed by atoms with Gasteiger partial charge in [-0.1, -0.05) is 32.1 Å². The predicted octanol–water partition coefficient (Wildman–Crippen LogP) is 1.88. The summed E-state index contributed by atoms with van der Waals surface area (Å²) in [6, 6.07) is 5.48. The molecule has 0 aromatic heterocycles. The zero-order valence-electron chi connectivity index (χ0n) is 18.5. The van der Waals surface area contributed by atoms with Crippen LogP contribution in [0.4, 0.5) is 4.79 Å². The van der Waals surface area contributed by atoms with E-state index in [4.69, 9.17) is 9.57 Å². The molecule has 0 saturated carbocycles. The first kappa shape index (κ1) is 25.8. The van der Waals surface area contributed by atoms with Crippen LogP contribution in [0.1, 0.15) is 29.8 Å². The van der Waals surface area contributed by atoms with Crippen molar-refractivity contribution in [3.8, 4) is 0 Å². The molecule has 10 nitrogen and oxygen atoms in total. The Balaban J connectivity index is 2.05. The van der Waals surface area contributed by atoms with Crippen molar-refractivity contribution in [3.05, 3.63) is 53.0 Å². The van der Waals surface area contributed by atoms with Gasteiger partial charge in [0.05, 0.1) is 18.6 Å². The first-order valence-electron chi connectivity index (χ1n) is 9.93. The minimum absolute atomic E-state index is 0.0857. The molecule has 1 saturated heterocycles. The number of hydrogen-bond donors (Lipinski definition) is 2. The van der Waals surface area contributed by atoms with E-state index in [0.29, 0.717) is 22.9 Å². The second kappa shape index (κ2) is 12.0. The first-order chi connectivity index (χ1) is 15.7. The average Bonchev–Trinajstić information content (AvgIpc) is 3.04. The Labute approximate surface area is 195 Å². The van der Waals surface area contributed by atoms with Crippen molar-refractivity contribution in [2.24, 2.45) is 5.92 Å². The van der Waals surface area contributed by atoms with Gasteiger partial charge in [0, 0.05) is 5.56 Å². The fourth-order valence-corrected chi connectivity index (χ4v) is 3.56. The summed E-state index contributed by atoms with van der Waals surface area (Å²) in [6.07, 6.45) is 2.92. The zero-order valence-corrected chi connectivity index (χ0v) is 19.3. The summed E-state index contributed by atoms with van der Waals surface area (Å²) in [5.74, 6) is -2.40. The number of hydrogen-bond acceptors (Lipinski definition) is 8. The van der Waals surface area contributed by atoms with Crippen LogP contribution in [-0.2, 0) is 24.0 Å². The predicted molar refractivity (Wildman–Crippen MR) is 122 cm³/mol. The maximum Gasteiger partial charge on any atom is 0.328 e. The number of rotatable bonds is 10. The number of benzene rings is 1. The van der Waals surface area contributed by atoms with E-state index in [-0.39, 0.29) is 17.4 Å². The number of carbonyl (C=O) groups excluding carboxylic acids is 5. The minimum atomic E-state index is -0.784. The number of hydroxylamine groups is 1. The number of nitrogens with zero attached hydrogens (tertiary/aromatic N) is 1. The number of methoxy groups -OCH3 is 1. The van der Waals surface area contributed by atoms with E-state index in [9.17, 15) is 24.0 Å². The van der Waals surface area contributed by atoms with Crippen LogP contribution in [0.2, 0.25) is 0 Å². The van der Waals surface area contributed by atoms with Crippen LogP contribution in [0.3, 0.4) is 0 Å². The monoisotopic (exact) mass is 475 g/mol. The van der Waals surface area contributed by atoms with Gasteiger partial charge in [-0.3, -0.25) is 28.9 Å². The van der Waals surface area contributed by atoms with Gasteiger partial charge in [0.1, 0.15) is 12.6 Å². The lowest BCUT2D eigenvalue weighted by atomic mass is 10.0. The van der Waals surface area contributed by atoms with E-state index in [1.165, 1.54) is 31.4 Å². The summed E-state index contributed by atoms with van der Waals surface area (Å²) in [6.45, 7) is 6.62. The van der Waals surface area contributed by atoms with Crippen molar-refractivity contribution < 1.29 is 33.5 Å². The molecular weight excluding hydrogens is 450 g/mol. The van der Waals surface area contributed by atoms with Crippen molar-refractivity contribution in [3.63, 3.8) is 0 Å². The SMILES string of the molecule is C=CCONC(=O)CN1C(=O)S/C(=C\c2ccc(C(=O)N[C@H](C(=O)OC)C(C)C)cc2)C1=O. The molecule has 33 heavy (non-hydrogen) atoms. The molecule has 0 aliphatic carbocycles. The Kier molecular flexibility index (Phi) is 9.37. The van der Waals surface area contributed by atoms with Crippen LogP contribution in [0.25, 0.3) is 6.08 Å². The molecule has 0 radical (unpaired) electrons.